The first kappa shape index (κ1) is 10.6. The van der Waals surface area contributed by atoms with Gasteiger partial charge in [-0.15, -0.1) is 0 Å². The summed E-state index contributed by atoms with van der Waals surface area (Å²) >= 11 is 0. The Morgan fingerprint density at radius 2 is 2.00 bits per heavy atom. The number of aliphatic hydroxyl groups excluding tert-OH is 1. The first-order valence-corrected chi connectivity index (χ1v) is 5.21. The van der Waals surface area contributed by atoms with Gasteiger partial charge in [-0.3, -0.25) is 0 Å². The fraction of sp³-hybridized carbons (Fsp3) is 0.500. The highest BCUT2D eigenvalue weighted by atomic mass is 19.1. The maximum Gasteiger partial charge on any atom is 0.129 e. The van der Waals surface area contributed by atoms with Crippen LogP contribution in [0.1, 0.15) is 36.5 Å². The Morgan fingerprint density at radius 1 is 1.33 bits per heavy atom. The minimum Gasteiger partial charge on any atom is -0.388 e. The Bertz CT molecular complexity index is 372. The highest BCUT2D eigenvalue weighted by Crippen LogP contribution is 2.38. The molecule has 82 valence electrons. The Balaban J connectivity index is 2.21. The molecule has 1 N–H and O–H groups in total. The Labute approximate surface area is 87.7 Å². The second kappa shape index (κ2) is 3.89. The van der Waals surface area contributed by atoms with E-state index in [9.17, 15) is 13.9 Å². The van der Waals surface area contributed by atoms with Crippen LogP contribution >= 0.6 is 0 Å². The first-order valence-electron chi connectivity index (χ1n) is 5.21. The minimum absolute atomic E-state index is 0.0880. The molecule has 1 aliphatic carbocycles. The topological polar surface area (TPSA) is 20.2 Å². The highest BCUT2D eigenvalue weighted by molar-refractivity contribution is 5.27. The summed E-state index contributed by atoms with van der Waals surface area (Å²) in [6.07, 6.45) is 1.85. The molecule has 0 aliphatic heterocycles. The molecule has 1 aromatic rings. The molecule has 1 aromatic carbocycles. The van der Waals surface area contributed by atoms with Crippen molar-refractivity contribution in [2.45, 2.75) is 32.3 Å². The number of hydrogen-bond donors (Lipinski definition) is 1. The van der Waals surface area contributed by atoms with Crippen LogP contribution in [0.5, 0.6) is 0 Å². The van der Waals surface area contributed by atoms with Crippen molar-refractivity contribution in [3.8, 4) is 0 Å². The molecule has 0 heterocycles. The highest BCUT2D eigenvalue weighted by Gasteiger charge is 2.26. The van der Waals surface area contributed by atoms with Gasteiger partial charge in [-0.2, -0.15) is 0 Å². The molecule has 0 amide bonds. The van der Waals surface area contributed by atoms with Gasteiger partial charge in [-0.25, -0.2) is 8.78 Å². The summed E-state index contributed by atoms with van der Waals surface area (Å²) in [5.74, 6) is -0.480. The smallest absolute Gasteiger partial charge is 0.129 e. The maximum atomic E-state index is 13.4. The summed E-state index contributed by atoms with van der Waals surface area (Å²) in [5, 5.41) is 9.72. The van der Waals surface area contributed by atoms with Crippen molar-refractivity contribution >= 4 is 0 Å². The zero-order chi connectivity index (χ0) is 11.0. The van der Waals surface area contributed by atoms with Gasteiger partial charge in [0.1, 0.15) is 11.6 Å². The number of hydrogen-bond acceptors (Lipinski definition) is 1. The van der Waals surface area contributed by atoms with Gasteiger partial charge >= 0.3 is 0 Å². The lowest BCUT2D eigenvalue weighted by Gasteiger charge is -2.12. The van der Waals surface area contributed by atoms with Crippen LogP contribution in [-0.4, -0.2) is 5.11 Å². The van der Waals surface area contributed by atoms with E-state index in [2.05, 4.69) is 0 Å². The molecular weight excluding hydrogens is 198 g/mol. The van der Waals surface area contributed by atoms with E-state index in [0.29, 0.717) is 12.3 Å². The summed E-state index contributed by atoms with van der Waals surface area (Å²) in [7, 11) is 0. The maximum absolute atomic E-state index is 13.4. The molecule has 1 unspecified atom stereocenters. The van der Waals surface area contributed by atoms with E-state index < -0.39 is 17.7 Å². The van der Waals surface area contributed by atoms with Gasteiger partial charge in [0, 0.05) is 5.56 Å². The molecule has 0 radical (unpaired) electrons. The monoisotopic (exact) mass is 212 g/mol. The fourth-order valence-electron chi connectivity index (χ4n) is 1.71. The van der Waals surface area contributed by atoms with Crippen molar-refractivity contribution in [2.24, 2.45) is 5.92 Å². The van der Waals surface area contributed by atoms with Crippen molar-refractivity contribution in [1.82, 2.24) is 0 Å². The third-order valence-corrected chi connectivity index (χ3v) is 2.89. The number of halogens is 2. The average Bonchev–Trinajstić information content (AvgIpc) is 2.95. The molecule has 1 atom stereocenters. The fourth-order valence-corrected chi connectivity index (χ4v) is 1.71. The van der Waals surface area contributed by atoms with Gasteiger partial charge in [0.25, 0.3) is 0 Å². The Hall–Kier alpha value is -0.960. The van der Waals surface area contributed by atoms with E-state index >= 15 is 0 Å². The van der Waals surface area contributed by atoms with E-state index in [4.69, 9.17) is 0 Å². The zero-order valence-corrected chi connectivity index (χ0v) is 8.63. The van der Waals surface area contributed by atoms with Crippen LogP contribution in [0.2, 0.25) is 0 Å². The van der Waals surface area contributed by atoms with Gasteiger partial charge in [0.15, 0.2) is 0 Å². The summed E-state index contributed by atoms with van der Waals surface area (Å²) in [4.78, 5) is 0. The van der Waals surface area contributed by atoms with E-state index in [1.165, 1.54) is 6.92 Å². The van der Waals surface area contributed by atoms with E-state index in [1.54, 1.807) is 0 Å². The van der Waals surface area contributed by atoms with Crippen LogP contribution in [0.15, 0.2) is 12.1 Å². The molecule has 0 bridgehead atoms. The van der Waals surface area contributed by atoms with Crippen molar-refractivity contribution < 1.29 is 13.9 Å². The van der Waals surface area contributed by atoms with Crippen LogP contribution < -0.4 is 0 Å². The molecule has 1 fully saturated rings. The predicted octanol–water partition coefficient (Wildman–Crippen LogP) is 3.11. The Kier molecular flexibility index (Phi) is 2.74. The zero-order valence-electron chi connectivity index (χ0n) is 8.63. The van der Waals surface area contributed by atoms with E-state index in [0.717, 1.165) is 25.0 Å². The molecule has 15 heavy (non-hydrogen) atoms. The van der Waals surface area contributed by atoms with Crippen LogP contribution in [0.4, 0.5) is 8.78 Å². The molecule has 2 rings (SSSR count). The second-order valence-electron chi connectivity index (χ2n) is 4.32. The van der Waals surface area contributed by atoms with Gasteiger partial charge in [-0.1, -0.05) is 12.8 Å². The van der Waals surface area contributed by atoms with Crippen molar-refractivity contribution in [1.29, 1.82) is 0 Å². The molecule has 0 spiro atoms. The molecule has 3 heteroatoms. The summed E-state index contributed by atoms with van der Waals surface area (Å²) < 4.78 is 26.6. The van der Waals surface area contributed by atoms with Crippen molar-refractivity contribution in [3.05, 3.63) is 34.9 Å². The third kappa shape index (κ3) is 2.34. The minimum atomic E-state index is -0.868. The van der Waals surface area contributed by atoms with Crippen LogP contribution in [0.25, 0.3) is 0 Å². The van der Waals surface area contributed by atoms with Crippen molar-refractivity contribution in [3.63, 3.8) is 0 Å². The standard InChI is InChI=1S/C12H14F2O/c1-7-4-11(14)9(6-10(7)13)12(15)5-8-2-3-8/h4,6,8,12,15H,2-3,5H2,1H3. The third-order valence-electron chi connectivity index (χ3n) is 2.89. The molecular formula is C12H14F2O. The van der Waals surface area contributed by atoms with Gasteiger partial charge < -0.3 is 5.11 Å². The number of benzene rings is 1. The number of aryl methyl sites for hydroxylation is 1. The molecule has 0 aromatic heterocycles. The average molecular weight is 212 g/mol. The van der Waals surface area contributed by atoms with Gasteiger partial charge in [0.05, 0.1) is 6.10 Å². The van der Waals surface area contributed by atoms with Crippen LogP contribution in [-0.2, 0) is 0 Å². The van der Waals surface area contributed by atoms with E-state index in [1.807, 2.05) is 0 Å². The molecule has 0 saturated heterocycles. The lowest BCUT2D eigenvalue weighted by molar-refractivity contribution is 0.155. The summed E-state index contributed by atoms with van der Waals surface area (Å²) in [6, 6.07) is 2.25. The molecule has 1 saturated carbocycles. The number of aliphatic hydroxyl groups is 1. The SMILES string of the molecule is Cc1cc(F)c(C(O)CC2CC2)cc1F. The first-order chi connectivity index (χ1) is 7.08. The lowest BCUT2D eigenvalue weighted by atomic mass is 10.0. The second-order valence-corrected chi connectivity index (χ2v) is 4.32. The quantitative estimate of drug-likeness (QED) is 0.816. The molecule has 1 nitrogen and oxygen atoms in total. The van der Waals surface area contributed by atoms with Gasteiger partial charge in [-0.05, 0) is 37.0 Å². The van der Waals surface area contributed by atoms with Gasteiger partial charge in [0.2, 0.25) is 0 Å². The van der Waals surface area contributed by atoms with E-state index in [-0.39, 0.29) is 11.1 Å². The lowest BCUT2D eigenvalue weighted by Crippen LogP contribution is -2.03. The normalized spacial score (nSPS) is 17.9. The van der Waals surface area contributed by atoms with Crippen LogP contribution in [0.3, 0.4) is 0 Å². The Morgan fingerprint density at radius 3 is 2.60 bits per heavy atom. The summed E-state index contributed by atoms with van der Waals surface area (Å²) in [6.45, 7) is 1.51. The summed E-state index contributed by atoms with van der Waals surface area (Å²) in [5.41, 5.74) is 0.361. The largest absolute Gasteiger partial charge is 0.388 e. The molecule has 1 aliphatic rings. The van der Waals surface area contributed by atoms with Crippen LogP contribution in [0, 0.1) is 24.5 Å². The number of rotatable bonds is 3. The predicted molar refractivity (Wildman–Crippen MR) is 53.4 cm³/mol. The van der Waals surface area contributed by atoms with Crippen molar-refractivity contribution in [2.75, 3.05) is 0 Å².